The van der Waals surface area contributed by atoms with Crippen molar-refractivity contribution in [1.29, 1.82) is 5.26 Å². The van der Waals surface area contributed by atoms with E-state index >= 15 is 0 Å². The van der Waals surface area contributed by atoms with Crippen molar-refractivity contribution in [3.8, 4) is 6.07 Å². The number of anilines is 1. The SMILES string of the molecule is N#Cc1ccc(Br)cc1N1CCCC1CN. The molecule has 0 saturated carbocycles. The fraction of sp³-hybridized carbons (Fsp3) is 0.417. The molecular weight excluding hydrogens is 266 g/mol. The summed E-state index contributed by atoms with van der Waals surface area (Å²) in [6, 6.07) is 8.37. The smallest absolute Gasteiger partial charge is 0.101 e. The van der Waals surface area contributed by atoms with Crippen LogP contribution in [0, 0.1) is 11.3 Å². The van der Waals surface area contributed by atoms with Gasteiger partial charge in [-0.2, -0.15) is 5.26 Å². The molecule has 0 spiro atoms. The van der Waals surface area contributed by atoms with E-state index in [1.54, 1.807) is 0 Å². The number of hydrogen-bond acceptors (Lipinski definition) is 3. The van der Waals surface area contributed by atoms with Crippen molar-refractivity contribution in [1.82, 2.24) is 0 Å². The zero-order valence-electron chi connectivity index (χ0n) is 8.99. The minimum Gasteiger partial charge on any atom is -0.366 e. The Morgan fingerprint density at radius 3 is 3.06 bits per heavy atom. The van der Waals surface area contributed by atoms with Gasteiger partial charge in [-0.25, -0.2) is 0 Å². The maximum atomic E-state index is 9.11. The summed E-state index contributed by atoms with van der Waals surface area (Å²) in [6.45, 7) is 1.64. The van der Waals surface area contributed by atoms with Crippen LogP contribution in [-0.4, -0.2) is 19.1 Å². The number of nitrogens with two attached hydrogens (primary N) is 1. The highest BCUT2D eigenvalue weighted by Gasteiger charge is 2.25. The molecule has 0 bridgehead atoms. The maximum absolute atomic E-state index is 9.11. The first-order valence-electron chi connectivity index (χ1n) is 5.42. The molecular formula is C12H14BrN3. The average Bonchev–Trinajstić information content (AvgIpc) is 2.76. The van der Waals surface area contributed by atoms with Gasteiger partial charge in [0.2, 0.25) is 0 Å². The Hall–Kier alpha value is -1.05. The van der Waals surface area contributed by atoms with E-state index in [-0.39, 0.29) is 0 Å². The van der Waals surface area contributed by atoms with Gasteiger partial charge in [-0.05, 0) is 31.0 Å². The molecule has 1 unspecified atom stereocenters. The molecule has 0 amide bonds. The van der Waals surface area contributed by atoms with Crippen LogP contribution in [-0.2, 0) is 0 Å². The Balaban J connectivity index is 2.39. The molecule has 1 aromatic rings. The van der Waals surface area contributed by atoms with Crippen LogP contribution < -0.4 is 10.6 Å². The molecule has 1 fully saturated rings. The van der Waals surface area contributed by atoms with E-state index in [1.165, 1.54) is 0 Å². The van der Waals surface area contributed by atoms with Crippen LogP contribution in [0.4, 0.5) is 5.69 Å². The van der Waals surface area contributed by atoms with Crippen molar-refractivity contribution in [3.05, 3.63) is 28.2 Å². The molecule has 1 aliphatic heterocycles. The lowest BCUT2D eigenvalue weighted by Crippen LogP contribution is -2.35. The van der Waals surface area contributed by atoms with Crippen LogP contribution >= 0.6 is 15.9 Å². The summed E-state index contributed by atoms with van der Waals surface area (Å²) in [5.41, 5.74) is 7.48. The van der Waals surface area contributed by atoms with Crippen molar-refractivity contribution in [3.63, 3.8) is 0 Å². The molecule has 1 aromatic carbocycles. The number of halogens is 1. The van der Waals surface area contributed by atoms with Gasteiger partial charge in [-0.3, -0.25) is 0 Å². The molecule has 84 valence electrons. The molecule has 4 heteroatoms. The van der Waals surface area contributed by atoms with E-state index in [2.05, 4.69) is 26.9 Å². The molecule has 1 heterocycles. The van der Waals surface area contributed by atoms with E-state index in [0.717, 1.165) is 35.1 Å². The van der Waals surface area contributed by atoms with Crippen molar-refractivity contribution in [2.75, 3.05) is 18.0 Å². The molecule has 0 aromatic heterocycles. The Labute approximate surface area is 104 Å². The summed E-state index contributed by atoms with van der Waals surface area (Å²) in [4.78, 5) is 2.25. The lowest BCUT2D eigenvalue weighted by atomic mass is 10.1. The lowest BCUT2D eigenvalue weighted by molar-refractivity contribution is 0.676. The van der Waals surface area contributed by atoms with Gasteiger partial charge in [0.05, 0.1) is 11.3 Å². The van der Waals surface area contributed by atoms with Crippen molar-refractivity contribution in [2.45, 2.75) is 18.9 Å². The van der Waals surface area contributed by atoms with Gasteiger partial charge in [0, 0.05) is 23.6 Å². The molecule has 2 rings (SSSR count). The lowest BCUT2D eigenvalue weighted by Gasteiger charge is -2.26. The number of nitrogens with zero attached hydrogens (tertiary/aromatic N) is 2. The third-order valence-electron chi connectivity index (χ3n) is 3.04. The molecule has 2 N–H and O–H groups in total. The van der Waals surface area contributed by atoms with Crippen LogP contribution in [0.1, 0.15) is 18.4 Å². The van der Waals surface area contributed by atoms with Crippen molar-refractivity contribution in [2.24, 2.45) is 5.73 Å². The Kier molecular flexibility index (Phi) is 3.47. The summed E-state index contributed by atoms with van der Waals surface area (Å²) in [6.07, 6.45) is 2.27. The second-order valence-corrected chi connectivity index (χ2v) is 4.91. The van der Waals surface area contributed by atoms with E-state index in [0.29, 0.717) is 12.6 Å². The van der Waals surface area contributed by atoms with Crippen LogP contribution in [0.2, 0.25) is 0 Å². The van der Waals surface area contributed by atoms with Gasteiger partial charge in [-0.1, -0.05) is 15.9 Å². The largest absolute Gasteiger partial charge is 0.366 e. The molecule has 0 radical (unpaired) electrons. The summed E-state index contributed by atoms with van der Waals surface area (Å²) in [5.74, 6) is 0. The monoisotopic (exact) mass is 279 g/mol. The minimum atomic E-state index is 0.376. The van der Waals surface area contributed by atoms with Crippen LogP contribution in [0.5, 0.6) is 0 Å². The highest BCUT2D eigenvalue weighted by molar-refractivity contribution is 9.10. The van der Waals surface area contributed by atoms with Crippen LogP contribution in [0.15, 0.2) is 22.7 Å². The number of nitriles is 1. The second kappa shape index (κ2) is 4.86. The van der Waals surface area contributed by atoms with E-state index in [9.17, 15) is 0 Å². The second-order valence-electron chi connectivity index (χ2n) is 4.00. The zero-order valence-corrected chi connectivity index (χ0v) is 10.6. The first-order valence-corrected chi connectivity index (χ1v) is 6.22. The summed E-state index contributed by atoms with van der Waals surface area (Å²) >= 11 is 3.45. The minimum absolute atomic E-state index is 0.376. The maximum Gasteiger partial charge on any atom is 0.101 e. The number of benzene rings is 1. The summed E-state index contributed by atoms with van der Waals surface area (Å²) in [5, 5.41) is 9.11. The highest BCUT2D eigenvalue weighted by Crippen LogP contribution is 2.30. The molecule has 1 aliphatic rings. The Morgan fingerprint density at radius 1 is 1.56 bits per heavy atom. The van der Waals surface area contributed by atoms with Crippen molar-refractivity contribution >= 4 is 21.6 Å². The fourth-order valence-electron chi connectivity index (χ4n) is 2.23. The number of hydrogen-bond donors (Lipinski definition) is 1. The fourth-order valence-corrected chi connectivity index (χ4v) is 2.58. The van der Waals surface area contributed by atoms with E-state index < -0.39 is 0 Å². The average molecular weight is 280 g/mol. The third-order valence-corrected chi connectivity index (χ3v) is 3.53. The summed E-state index contributed by atoms with van der Waals surface area (Å²) in [7, 11) is 0. The quantitative estimate of drug-likeness (QED) is 0.904. The first kappa shape index (κ1) is 11.4. The molecule has 3 nitrogen and oxygen atoms in total. The topological polar surface area (TPSA) is 53.0 Å². The standard InChI is InChI=1S/C12H14BrN3/c13-10-4-3-9(7-14)12(6-10)16-5-1-2-11(16)8-15/h3-4,6,11H,1-2,5,8,15H2. The molecule has 0 aliphatic carbocycles. The molecule has 1 atom stereocenters. The van der Waals surface area contributed by atoms with Gasteiger partial charge in [0.1, 0.15) is 6.07 Å². The highest BCUT2D eigenvalue weighted by atomic mass is 79.9. The Morgan fingerprint density at radius 2 is 2.38 bits per heavy atom. The Bertz CT molecular complexity index is 425. The zero-order chi connectivity index (χ0) is 11.5. The van der Waals surface area contributed by atoms with Crippen molar-refractivity contribution < 1.29 is 0 Å². The third kappa shape index (κ3) is 2.06. The normalized spacial score (nSPS) is 19.8. The molecule has 1 saturated heterocycles. The summed E-state index contributed by atoms with van der Waals surface area (Å²) < 4.78 is 1.00. The molecule has 16 heavy (non-hydrogen) atoms. The predicted molar refractivity (Wildman–Crippen MR) is 68.3 cm³/mol. The predicted octanol–water partition coefficient (Wildman–Crippen LogP) is 2.25. The van der Waals surface area contributed by atoms with Gasteiger partial charge in [0.25, 0.3) is 0 Å². The van der Waals surface area contributed by atoms with Crippen LogP contribution in [0.25, 0.3) is 0 Å². The van der Waals surface area contributed by atoms with Gasteiger partial charge >= 0.3 is 0 Å². The van der Waals surface area contributed by atoms with Gasteiger partial charge in [-0.15, -0.1) is 0 Å². The van der Waals surface area contributed by atoms with Crippen LogP contribution in [0.3, 0.4) is 0 Å². The van der Waals surface area contributed by atoms with E-state index in [1.807, 2.05) is 18.2 Å². The first-order chi connectivity index (χ1) is 7.76. The van der Waals surface area contributed by atoms with Gasteiger partial charge < -0.3 is 10.6 Å². The van der Waals surface area contributed by atoms with Gasteiger partial charge in [0.15, 0.2) is 0 Å². The van der Waals surface area contributed by atoms with E-state index in [4.69, 9.17) is 11.0 Å². The number of rotatable bonds is 2.